The first kappa shape index (κ1) is 14.0. The highest BCUT2D eigenvalue weighted by Crippen LogP contribution is 2.25. The summed E-state index contributed by atoms with van der Waals surface area (Å²) in [5, 5.41) is 12.4. The van der Waals surface area contributed by atoms with Crippen LogP contribution in [0.1, 0.15) is 58.3 Å². The van der Waals surface area contributed by atoms with Crippen LogP contribution < -0.4 is 5.32 Å². The summed E-state index contributed by atoms with van der Waals surface area (Å²) in [5.74, 6) is 1.47. The molecule has 96 valence electrons. The second-order valence-electron chi connectivity index (χ2n) is 5.47. The van der Waals surface area contributed by atoms with Crippen molar-refractivity contribution in [2.75, 3.05) is 19.7 Å². The van der Waals surface area contributed by atoms with Crippen molar-refractivity contribution in [1.29, 1.82) is 0 Å². The molecule has 1 rings (SSSR count). The van der Waals surface area contributed by atoms with E-state index < -0.39 is 0 Å². The molecule has 0 radical (unpaired) electrons. The first-order chi connectivity index (χ1) is 7.83. The Balaban J connectivity index is 1.84. The van der Waals surface area contributed by atoms with Gasteiger partial charge in [0.15, 0.2) is 0 Å². The molecule has 0 spiro atoms. The minimum absolute atomic E-state index is 0.335. The molecule has 0 aromatic rings. The molecule has 1 aliphatic carbocycles. The maximum atomic E-state index is 8.89. The summed E-state index contributed by atoms with van der Waals surface area (Å²) in [4.78, 5) is 0. The van der Waals surface area contributed by atoms with Crippen LogP contribution in [0.15, 0.2) is 0 Å². The molecule has 1 unspecified atom stereocenters. The van der Waals surface area contributed by atoms with Gasteiger partial charge in [-0.3, -0.25) is 0 Å². The smallest absolute Gasteiger partial charge is 0.0456 e. The molecule has 2 heteroatoms. The standard InChI is InChI=1S/C14H29NO/c1-13(12-16)6-5-10-15-11-9-14-7-3-2-4-8-14/h13-16H,2-12H2,1H3. The van der Waals surface area contributed by atoms with Gasteiger partial charge in [0.05, 0.1) is 0 Å². The van der Waals surface area contributed by atoms with Crippen LogP contribution >= 0.6 is 0 Å². The predicted octanol–water partition coefficient (Wildman–Crippen LogP) is 2.96. The molecule has 16 heavy (non-hydrogen) atoms. The highest BCUT2D eigenvalue weighted by molar-refractivity contribution is 4.66. The Labute approximate surface area is 101 Å². The number of hydrogen-bond donors (Lipinski definition) is 2. The first-order valence-electron chi connectivity index (χ1n) is 7.14. The average Bonchev–Trinajstić information content (AvgIpc) is 2.34. The molecular weight excluding hydrogens is 198 g/mol. The lowest BCUT2D eigenvalue weighted by Crippen LogP contribution is -2.21. The van der Waals surface area contributed by atoms with E-state index in [0.29, 0.717) is 12.5 Å². The zero-order valence-corrected chi connectivity index (χ0v) is 10.9. The second-order valence-corrected chi connectivity index (χ2v) is 5.47. The summed E-state index contributed by atoms with van der Waals surface area (Å²) in [6.07, 6.45) is 11.0. The zero-order valence-electron chi connectivity index (χ0n) is 10.9. The summed E-state index contributed by atoms with van der Waals surface area (Å²) in [7, 11) is 0. The van der Waals surface area contributed by atoms with Gasteiger partial charge in [-0.05, 0) is 44.2 Å². The lowest BCUT2D eigenvalue weighted by atomic mass is 9.87. The average molecular weight is 227 g/mol. The largest absolute Gasteiger partial charge is 0.396 e. The lowest BCUT2D eigenvalue weighted by Gasteiger charge is -2.21. The SMILES string of the molecule is CC(CO)CCCNCCC1CCCCC1. The molecular formula is C14H29NO. The van der Waals surface area contributed by atoms with Crippen molar-refractivity contribution < 1.29 is 5.11 Å². The van der Waals surface area contributed by atoms with E-state index in [4.69, 9.17) is 5.11 Å². The third-order valence-electron chi connectivity index (χ3n) is 3.82. The molecule has 0 saturated heterocycles. The number of aliphatic hydroxyl groups is 1. The second kappa shape index (κ2) is 9.00. The van der Waals surface area contributed by atoms with Crippen LogP contribution in [0.2, 0.25) is 0 Å². The number of hydrogen-bond acceptors (Lipinski definition) is 2. The van der Waals surface area contributed by atoms with E-state index >= 15 is 0 Å². The molecule has 0 aromatic heterocycles. The topological polar surface area (TPSA) is 32.3 Å². The fraction of sp³-hybridized carbons (Fsp3) is 1.00. The summed E-state index contributed by atoms with van der Waals surface area (Å²) in [6, 6.07) is 0. The molecule has 0 bridgehead atoms. The van der Waals surface area contributed by atoms with Crippen molar-refractivity contribution in [2.45, 2.75) is 58.3 Å². The van der Waals surface area contributed by atoms with Gasteiger partial charge in [0.1, 0.15) is 0 Å². The van der Waals surface area contributed by atoms with Gasteiger partial charge in [-0.2, -0.15) is 0 Å². The van der Waals surface area contributed by atoms with Crippen LogP contribution in [0.3, 0.4) is 0 Å². The molecule has 1 fully saturated rings. The van der Waals surface area contributed by atoms with Gasteiger partial charge < -0.3 is 10.4 Å². The van der Waals surface area contributed by atoms with Crippen LogP contribution in [-0.2, 0) is 0 Å². The summed E-state index contributed by atoms with van der Waals surface area (Å²) < 4.78 is 0. The molecule has 1 aliphatic rings. The fourth-order valence-electron chi connectivity index (χ4n) is 2.57. The van der Waals surface area contributed by atoms with Gasteiger partial charge in [0.2, 0.25) is 0 Å². The van der Waals surface area contributed by atoms with E-state index in [-0.39, 0.29) is 0 Å². The summed E-state index contributed by atoms with van der Waals surface area (Å²) in [6.45, 7) is 4.76. The third kappa shape index (κ3) is 6.49. The Kier molecular flexibility index (Phi) is 7.87. The lowest BCUT2D eigenvalue weighted by molar-refractivity contribution is 0.228. The van der Waals surface area contributed by atoms with E-state index in [2.05, 4.69) is 12.2 Å². The fourth-order valence-corrected chi connectivity index (χ4v) is 2.57. The van der Waals surface area contributed by atoms with Crippen LogP contribution in [-0.4, -0.2) is 24.8 Å². The zero-order chi connectivity index (χ0) is 11.6. The Morgan fingerprint density at radius 2 is 1.94 bits per heavy atom. The third-order valence-corrected chi connectivity index (χ3v) is 3.82. The molecule has 0 heterocycles. The van der Waals surface area contributed by atoms with Crippen molar-refractivity contribution in [1.82, 2.24) is 5.32 Å². The molecule has 1 saturated carbocycles. The van der Waals surface area contributed by atoms with Crippen LogP contribution in [0.5, 0.6) is 0 Å². The van der Waals surface area contributed by atoms with Crippen LogP contribution in [0.4, 0.5) is 0 Å². The van der Waals surface area contributed by atoms with E-state index in [1.807, 2.05) is 0 Å². The number of nitrogens with one attached hydrogen (secondary N) is 1. The predicted molar refractivity (Wildman–Crippen MR) is 69.5 cm³/mol. The highest BCUT2D eigenvalue weighted by atomic mass is 16.3. The molecule has 1 atom stereocenters. The molecule has 0 amide bonds. The van der Waals surface area contributed by atoms with E-state index in [9.17, 15) is 0 Å². The van der Waals surface area contributed by atoms with Gasteiger partial charge in [-0.1, -0.05) is 39.0 Å². The van der Waals surface area contributed by atoms with Crippen LogP contribution in [0.25, 0.3) is 0 Å². The summed E-state index contributed by atoms with van der Waals surface area (Å²) >= 11 is 0. The van der Waals surface area contributed by atoms with Gasteiger partial charge >= 0.3 is 0 Å². The van der Waals surface area contributed by atoms with E-state index in [1.54, 1.807) is 0 Å². The molecule has 0 aromatic carbocycles. The van der Waals surface area contributed by atoms with Gasteiger partial charge in [-0.25, -0.2) is 0 Å². The highest BCUT2D eigenvalue weighted by Gasteiger charge is 2.12. The first-order valence-corrected chi connectivity index (χ1v) is 7.14. The van der Waals surface area contributed by atoms with Crippen molar-refractivity contribution >= 4 is 0 Å². The monoisotopic (exact) mass is 227 g/mol. The molecule has 2 nitrogen and oxygen atoms in total. The number of rotatable bonds is 8. The van der Waals surface area contributed by atoms with Crippen LogP contribution in [0, 0.1) is 11.8 Å². The molecule has 2 N–H and O–H groups in total. The normalized spacial score (nSPS) is 19.9. The Morgan fingerprint density at radius 1 is 1.19 bits per heavy atom. The number of aliphatic hydroxyl groups excluding tert-OH is 1. The minimum atomic E-state index is 0.335. The summed E-state index contributed by atoms with van der Waals surface area (Å²) in [5.41, 5.74) is 0. The molecule has 0 aliphatic heterocycles. The Bertz CT molecular complexity index is 155. The minimum Gasteiger partial charge on any atom is -0.396 e. The van der Waals surface area contributed by atoms with Gasteiger partial charge in [-0.15, -0.1) is 0 Å². The van der Waals surface area contributed by atoms with Crippen molar-refractivity contribution in [3.05, 3.63) is 0 Å². The quantitative estimate of drug-likeness (QED) is 0.625. The maximum absolute atomic E-state index is 8.89. The van der Waals surface area contributed by atoms with E-state index in [1.165, 1.54) is 51.5 Å². The Hall–Kier alpha value is -0.0800. The van der Waals surface area contributed by atoms with Crippen molar-refractivity contribution in [3.8, 4) is 0 Å². The van der Waals surface area contributed by atoms with Crippen molar-refractivity contribution in [2.24, 2.45) is 11.8 Å². The van der Waals surface area contributed by atoms with E-state index in [0.717, 1.165) is 18.9 Å². The van der Waals surface area contributed by atoms with Gasteiger partial charge in [0.25, 0.3) is 0 Å². The van der Waals surface area contributed by atoms with Crippen molar-refractivity contribution in [3.63, 3.8) is 0 Å². The maximum Gasteiger partial charge on any atom is 0.0456 e. The van der Waals surface area contributed by atoms with Gasteiger partial charge in [0, 0.05) is 6.61 Å². The Morgan fingerprint density at radius 3 is 2.62 bits per heavy atom.